The number of hydrogen-bond acceptors (Lipinski definition) is 4. The van der Waals surface area contributed by atoms with Crippen LogP contribution in [0.1, 0.15) is 35.7 Å². The largest absolute Gasteiger partial charge is 0.482 e. The highest BCUT2D eigenvalue weighted by Crippen LogP contribution is 2.34. The maximum atomic E-state index is 13.1. The van der Waals surface area contributed by atoms with Crippen molar-refractivity contribution < 1.29 is 19.1 Å². The first kappa shape index (κ1) is 18.2. The molecule has 0 saturated carbocycles. The summed E-state index contributed by atoms with van der Waals surface area (Å²) in [5, 5.41) is 0. The minimum atomic E-state index is -0.285. The topological polar surface area (TPSA) is 66.9 Å². The van der Waals surface area contributed by atoms with Gasteiger partial charge in [0.15, 0.2) is 12.4 Å². The molecule has 0 N–H and O–H groups in total. The fraction of sp³-hybridized carbons (Fsp3) is 0.318. The first-order valence-corrected chi connectivity index (χ1v) is 9.57. The second-order valence-electron chi connectivity index (χ2n) is 7.01. The van der Waals surface area contributed by atoms with E-state index in [0.29, 0.717) is 30.0 Å². The van der Waals surface area contributed by atoms with Crippen LogP contribution in [0.5, 0.6) is 5.75 Å². The lowest BCUT2D eigenvalue weighted by Crippen LogP contribution is -2.47. The fourth-order valence-corrected chi connectivity index (χ4v) is 3.77. The molecule has 4 rings (SSSR count). The summed E-state index contributed by atoms with van der Waals surface area (Å²) in [4.78, 5) is 40.9. The SMILES string of the molecule is CCC(=O)c1ccc2c(c1)N(CC(=O)N1CCCc3ccccc31)C(=O)CO2. The zero-order valence-corrected chi connectivity index (χ0v) is 15.8. The molecule has 144 valence electrons. The summed E-state index contributed by atoms with van der Waals surface area (Å²) in [5.74, 6) is 0.0731. The number of benzene rings is 2. The quantitative estimate of drug-likeness (QED) is 0.767. The molecule has 0 bridgehead atoms. The van der Waals surface area contributed by atoms with Crippen molar-refractivity contribution in [1.82, 2.24) is 0 Å². The van der Waals surface area contributed by atoms with Gasteiger partial charge in [0, 0.05) is 24.2 Å². The summed E-state index contributed by atoms with van der Waals surface area (Å²) in [6.07, 6.45) is 2.21. The molecular formula is C22H22N2O4. The number of carbonyl (C=O) groups excluding carboxylic acids is 3. The van der Waals surface area contributed by atoms with Gasteiger partial charge < -0.3 is 9.64 Å². The number of para-hydroxylation sites is 1. The lowest BCUT2D eigenvalue weighted by molar-refractivity contribution is -0.124. The molecule has 2 aromatic carbocycles. The van der Waals surface area contributed by atoms with Crippen LogP contribution in [0.3, 0.4) is 0 Å². The summed E-state index contributed by atoms with van der Waals surface area (Å²) >= 11 is 0. The van der Waals surface area contributed by atoms with E-state index >= 15 is 0 Å². The Hall–Kier alpha value is -3.15. The van der Waals surface area contributed by atoms with Crippen molar-refractivity contribution >= 4 is 29.0 Å². The highest BCUT2D eigenvalue weighted by atomic mass is 16.5. The van der Waals surface area contributed by atoms with Crippen molar-refractivity contribution in [2.24, 2.45) is 0 Å². The molecule has 2 aromatic rings. The Morgan fingerprint density at radius 1 is 1.11 bits per heavy atom. The highest BCUT2D eigenvalue weighted by Gasteiger charge is 2.31. The summed E-state index contributed by atoms with van der Waals surface area (Å²) in [6, 6.07) is 12.9. The van der Waals surface area contributed by atoms with E-state index in [-0.39, 0.29) is 30.7 Å². The number of anilines is 2. The van der Waals surface area contributed by atoms with Crippen molar-refractivity contribution in [2.75, 3.05) is 29.5 Å². The van der Waals surface area contributed by atoms with Crippen molar-refractivity contribution in [3.8, 4) is 5.75 Å². The van der Waals surface area contributed by atoms with Gasteiger partial charge in [-0.05, 0) is 42.7 Å². The number of rotatable bonds is 4. The van der Waals surface area contributed by atoms with Gasteiger partial charge >= 0.3 is 0 Å². The number of amides is 2. The molecule has 2 aliphatic heterocycles. The van der Waals surface area contributed by atoms with E-state index in [1.165, 1.54) is 4.90 Å². The third-order valence-electron chi connectivity index (χ3n) is 5.25. The molecule has 6 nitrogen and oxygen atoms in total. The first-order valence-electron chi connectivity index (χ1n) is 9.57. The Labute approximate surface area is 163 Å². The van der Waals surface area contributed by atoms with Crippen LogP contribution in [-0.4, -0.2) is 37.3 Å². The number of fused-ring (bicyclic) bond motifs is 2. The lowest BCUT2D eigenvalue weighted by atomic mass is 10.0. The number of Topliss-reactive ketones (excluding diaryl/α,β-unsaturated/α-hetero) is 1. The number of carbonyl (C=O) groups is 3. The number of nitrogens with zero attached hydrogens (tertiary/aromatic N) is 2. The summed E-state index contributed by atoms with van der Waals surface area (Å²) in [5.41, 5.74) is 3.05. The molecule has 28 heavy (non-hydrogen) atoms. The number of ketones is 1. The lowest BCUT2D eigenvalue weighted by Gasteiger charge is -2.33. The van der Waals surface area contributed by atoms with Crippen LogP contribution < -0.4 is 14.5 Å². The Kier molecular flexibility index (Phi) is 4.86. The van der Waals surface area contributed by atoms with Gasteiger partial charge in [-0.15, -0.1) is 0 Å². The van der Waals surface area contributed by atoms with Crippen molar-refractivity contribution in [2.45, 2.75) is 26.2 Å². The van der Waals surface area contributed by atoms with Crippen LogP contribution in [0.25, 0.3) is 0 Å². The van der Waals surface area contributed by atoms with E-state index in [2.05, 4.69) is 0 Å². The maximum Gasteiger partial charge on any atom is 0.265 e. The van der Waals surface area contributed by atoms with Gasteiger partial charge in [-0.2, -0.15) is 0 Å². The third-order valence-corrected chi connectivity index (χ3v) is 5.25. The zero-order chi connectivity index (χ0) is 19.7. The summed E-state index contributed by atoms with van der Waals surface area (Å²) < 4.78 is 5.49. The molecular weight excluding hydrogens is 356 g/mol. The third kappa shape index (κ3) is 3.26. The predicted molar refractivity (Wildman–Crippen MR) is 106 cm³/mol. The molecule has 0 unspecified atom stereocenters. The molecule has 0 aromatic heterocycles. The molecule has 0 atom stereocenters. The molecule has 6 heteroatoms. The van der Waals surface area contributed by atoms with E-state index in [1.807, 2.05) is 24.3 Å². The second kappa shape index (κ2) is 7.46. The average molecular weight is 378 g/mol. The fourth-order valence-electron chi connectivity index (χ4n) is 3.77. The normalized spacial score (nSPS) is 15.5. The van der Waals surface area contributed by atoms with E-state index in [1.54, 1.807) is 30.0 Å². The zero-order valence-electron chi connectivity index (χ0n) is 15.8. The second-order valence-corrected chi connectivity index (χ2v) is 7.01. The van der Waals surface area contributed by atoms with Crippen LogP contribution in [0.4, 0.5) is 11.4 Å². The van der Waals surface area contributed by atoms with Crippen LogP contribution in [-0.2, 0) is 16.0 Å². The van der Waals surface area contributed by atoms with Crippen LogP contribution in [0.2, 0.25) is 0 Å². The first-order chi connectivity index (χ1) is 13.6. The van der Waals surface area contributed by atoms with Gasteiger partial charge in [0.25, 0.3) is 5.91 Å². The van der Waals surface area contributed by atoms with Crippen LogP contribution >= 0.6 is 0 Å². The Balaban J connectivity index is 1.63. The van der Waals surface area contributed by atoms with Gasteiger partial charge in [0.1, 0.15) is 12.3 Å². The molecule has 0 aliphatic carbocycles. The van der Waals surface area contributed by atoms with Crippen molar-refractivity contribution in [1.29, 1.82) is 0 Å². The van der Waals surface area contributed by atoms with Crippen molar-refractivity contribution in [3.05, 3.63) is 53.6 Å². The molecule has 0 spiro atoms. The van der Waals surface area contributed by atoms with E-state index in [0.717, 1.165) is 24.1 Å². The Bertz CT molecular complexity index is 953. The van der Waals surface area contributed by atoms with E-state index in [9.17, 15) is 14.4 Å². The standard InChI is InChI=1S/C22H22N2O4/c1-2-19(25)16-9-10-20-18(12-16)24(22(27)14-28-20)13-21(26)23-11-5-7-15-6-3-4-8-17(15)23/h3-4,6,8-10,12H,2,5,7,11,13-14H2,1H3. The molecule has 2 heterocycles. The van der Waals surface area contributed by atoms with E-state index in [4.69, 9.17) is 4.74 Å². The number of aryl methyl sites for hydroxylation is 1. The molecule has 0 saturated heterocycles. The molecule has 2 amide bonds. The molecule has 2 aliphatic rings. The molecule has 0 fully saturated rings. The highest BCUT2D eigenvalue weighted by molar-refractivity contribution is 6.07. The van der Waals surface area contributed by atoms with Gasteiger partial charge in [0.2, 0.25) is 5.91 Å². The minimum absolute atomic E-state index is 0.0166. The van der Waals surface area contributed by atoms with Gasteiger partial charge in [-0.1, -0.05) is 25.1 Å². The molecule has 0 radical (unpaired) electrons. The minimum Gasteiger partial charge on any atom is -0.482 e. The van der Waals surface area contributed by atoms with Crippen LogP contribution in [0, 0.1) is 0 Å². The number of ether oxygens (including phenoxy) is 1. The number of hydrogen-bond donors (Lipinski definition) is 0. The monoisotopic (exact) mass is 378 g/mol. The van der Waals surface area contributed by atoms with Crippen molar-refractivity contribution in [3.63, 3.8) is 0 Å². The van der Waals surface area contributed by atoms with Gasteiger partial charge in [-0.25, -0.2) is 0 Å². The smallest absolute Gasteiger partial charge is 0.265 e. The predicted octanol–water partition coefficient (Wildman–Crippen LogP) is 2.98. The van der Waals surface area contributed by atoms with E-state index < -0.39 is 0 Å². The Morgan fingerprint density at radius 2 is 1.93 bits per heavy atom. The van der Waals surface area contributed by atoms with Gasteiger partial charge in [0.05, 0.1) is 5.69 Å². The average Bonchev–Trinajstić information content (AvgIpc) is 2.74. The summed E-state index contributed by atoms with van der Waals surface area (Å²) in [7, 11) is 0. The summed E-state index contributed by atoms with van der Waals surface area (Å²) in [6.45, 7) is 2.24. The Morgan fingerprint density at radius 3 is 2.75 bits per heavy atom. The van der Waals surface area contributed by atoms with Crippen LogP contribution in [0.15, 0.2) is 42.5 Å². The maximum absolute atomic E-state index is 13.1. The van der Waals surface area contributed by atoms with Gasteiger partial charge in [-0.3, -0.25) is 19.3 Å².